The Kier molecular flexibility index (Phi) is 7.20. The zero-order chi connectivity index (χ0) is 24.0. The van der Waals surface area contributed by atoms with Gasteiger partial charge in [0.15, 0.2) is 12.4 Å². The maximum absolute atomic E-state index is 12.5. The number of oxime groups is 1. The highest BCUT2D eigenvalue weighted by molar-refractivity contribution is 5.98. The minimum absolute atomic E-state index is 0.0433. The van der Waals surface area contributed by atoms with E-state index in [0.29, 0.717) is 56.3 Å². The van der Waals surface area contributed by atoms with E-state index in [9.17, 15) is 9.59 Å². The maximum Gasteiger partial charge on any atom is 0.407 e. The Hall–Kier alpha value is -3.75. The van der Waals surface area contributed by atoms with E-state index in [1.807, 2.05) is 38.1 Å². The summed E-state index contributed by atoms with van der Waals surface area (Å²) in [5.74, 6) is 1.91. The summed E-state index contributed by atoms with van der Waals surface area (Å²) in [5, 5.41) is 6.87. The zero-order valence-corrected chi connectivity index (χ0v) is 19.4. The minimum atomic E-state index is -0.472. The van der Waals surface area contributed by atoms with Gasteiger partial charge in [-0.1, -0.05) is 5.16 Å². The third kappa shape index (κ3) is 5.78. The van der Waals surface area contributed by atoms with Crippen molar-refractivity contribution < 1.29 is 28.6 Å². The smallest absolute Gasteiger partial charge is 0.407 e. The fourth-order valence-electron chi connectivity index (χ4n) is 3.91. The van der Waals surface area contributed by atoms with Crippen LogP contribution in [0.15, 0.2) is 53.7 Å². The molecule has 2 aromatic rings. The van der Waals surface area contributed by atoms with Gasteiger partial charge in [0, 0.05) is 25.9 Å². The van der Waals surface area contributed by atoms with Gasteiger partial charge in [-0.3, -0.25) is 4.79 Å². The summed E-state index contributed by atoms with van der Waals surface area (Å²) in [7, 11) is 0. The SMILES string of the molecule is CCOc1ccc(ON=C(C)c2ccc(OCC(=O)N3CCC4(CC3)CNC(=O)O4)cc2)cc1. The lowest BCUT2D eigenvalue weighted by molar-refractivity contribution is -0.136. The van der Waals surface area contributed by atoms with E-state index in [0.717, 1.165) is 11.3 Å². The number of piperidine rings is 1. The van der Waals surface area contributed by atoms with Crippen LogP contribution in [-0.2, 0) is 9.53 Å². The van der Waals surface area contributed by atoms with E-state index in [1.54, 1.807) is 29.2 Å². The van der Waals surface area contributed by atoms with E-state index in [-0.39, 0.29) is 18.6 Å². The number of carbonyl (C=O) groups excluding carboxylic acids is 2. The standard InChI is InChI=1S/C25H29N3O6/c1-3-31-20-8-10-22(11-9-20)34-27-18(2)19-4-6-21(7-5-19)32-16-23(29)28-14-12-25(13-15-28)17-26-24(30)33-25/h4-11H,3,12-17H2,1-2H3,(H,26,30). The molecule has 2 aliphatic rings. The highest BCUT2D eigenvalue weighted by Gasteiger charge is 2.43. The quantitative estimate of drug-likeness (QED) is 0.472. The van der Waals surface area contributed by atoms with Crippen molar-refractivity contribution in [2.24, 2.45) is 5.16 Å². The molecule has 180 valence electrons. The number of likely N-dealkylation sites (tertiary alicyclic amines) is 1. The number of carbonyl (C=O) groups is 2. The molecule has 0 unspecified atom stereocenters. The van der Waals surface area contributed by atoms with Crippen molar-refractivity contribution >= 4 is 17.7 Å². The molecule has 2 saturated heterocycles. The summed E-state index contributed by atoms with van der Waals surface area (Å²) >= 11 is 0. The fraction of sp³-hybridized carbons (Fsp3) is 0.400. The summed E-state index contributed by atoms with van der Waals surface area (Å²) in [4.78, 5) is 31.1. The van der Waals surface area contributed by atoms with Crippen LogP contribution in [-0.4, -0.2) is 61.1 Å². The van der Waals surface area contributed by atoms with Crippen LogP contribution in [0.3, 0.4) is 0 Å². The highest BCUT2D eigenvalue weighted by Crippen LogP contribution is 2.29. The van der Waals surface area contributed by atoms with Crippen LogP contribution in [0.2, 0.25) is 0 Å². The predicted molar refractivity (Wildman–Crippen MR) is 125 cm³/mol. The van der Waals surface area contributed by atoms with Gasteiger partial charge in [0.05, 0.1) is 18.9 Å². The largest absolute Gasteiger partial charge is 0.494 e. The lowest BCUT2D eigenvalue weighted by Crippen LogP contribution is -2.49. The van der Waals surface area contributed by atoms with Crippen LogP contribution in [0.25, 0.3) is 0 Å². The molecule has 0 saturated carbocycles. The zero-order valence-electron chi connectivity index (χ0n) is 19.4. The number of amides is 2. The Bertz CT molecular complexity index is 1030. The molecule has 4 rings (SSSR count). The van der Waals surface area contributed by atoms with Gasteiger partial charge >= 0.3 is 6.09 Å². The molecular weight excluding hydrogens is 438 g/mol. The highest BCUT2D eigenvalue weighted by atomic mass is 16.6. The molecule has 0 aromatic heterocycles. The van der Waals surface area contributed by atoms with Crippen LogP contribution in [0.1, 0.15) is 32.3 Å². The molecule has 1 spiro atoms. The van der Waals surface area contributed by atoms with Gasteiger partial charge in [0.2, 0.25) is 0 Å². The predicted octanol–water partition coefficient (Wildman–Crippen LogP) is 3.37. The Balaban J connectivity index is 1.23. The molecule has 9 nitrogen and oxygen atoms in total. The van der Waals surface area contributed by atoms with Crippen molar-refractivity contribution in [1.82, 2.24) is 10.2 Å². The van der Waals surface area contributed by atoms with Crippen LogP contribution in [0.4, 0.5) is 4.79 Å². The number of hydrogen-bond donors (Lipinski definition) is 1. The van der Waals surface area contributed by atoms with E-state index in [1.165, 1.54) is 0 Å². The number of hydrogen-bond acceptors (Lipinski definition) is 7. The minimum Gasteiger partial charge on any atom is -0.494 e. The molecule has 1 N–H and O–H groups in total. The van der Waals surface area contributed by atoms with Crippen molar-refractivity contribution in [3.8, 4) is 17.2 Å². The second-order valence-electron chi connectivity index (χ2n) is 8.29. The molecule has 0 radical (unpaired) electrons. The van der Waals surface area contributed by atoms with Gasteiger partial charge in [-0.25, -0.2) is 4.79 Å². The normalized spacial score (nSPS) is 17.2. The lowest BCUT2D eigenvalue weighted by Gasteiger charge is -2.37. The number of alkyl carbamates (subject to hydrolysis) is 1. The number of benzene rings is 2. The first-order chi connectivity index (χ1) is 16.5. The van der Waals surface area contributed by atoms with Crippen molar-refractivity contribution in [3.05, 3.63) is 54.1 Å². The fourth-order valence-corrected chi connectivity index (χ4v) is 3.91. The third-order valence-corrected chi connectivity index (χ3v) is 5.95. The molecule has 0 aliphatic carbocycles. The van der Waals surface area contributed by atoms with Gasteiger partial charge < -0.3 is 29.3 Å². The monoisotopic (exact) mass is 467 g/mol. The first kappa shape index (κ1) is 23.4. The Morgan fingerprint density at radius 2 is 1.65 bits per heavy atom. The van der Waals surface area contributed by atoms with Crippen LogP contribution >= 0.6 is 0 Å². The summed E-state index contributed by atoms with van der Waals surface area (Å²) in [6.45, 7) is 5.95. The Morgan fingerprint density at radius 1 is 1.03 bits per heavy atom. The second-order valence-corrected chi connectivity index (χ2v) is 8.29. The molecule has 0 atom stereocenters. The summed E-state index contributed by atoms with van der Waals surface area (Å²) in [6, 6.07) is 14.6. The van der Waals surface area contributed by atoms with Gasteiger partial charge in [-0.2, -0.15) is 0 Å². The molecule has 2 heterocycles. The molecule has 2 fully saturated rings. The molecular formula is C25H29N3O6. The van der Waals surface area contributed by atoms with Crippen molar-refractivity contribution in [3.63, 3.8) is 0 Å². The van der Waals surface area contributed by atoms with E-state index >= 15 is 0 Å². The van der Waals surface area contributed by atoms with Crippen LogP contribution in [0, 0.1) is 0 Å². The number of nitrogens with zero attached hydrogens (tertiary/aromatic N) is 2. The molecule has 2 amide bonds. The Morgan fingerprint density at radius 3 is 2.26 bits per heavy atom. The number of ether oxygens (including phenoxy) is 3. The van der Waals surface area contributed by atoms with E-state index in [4.69, 9.17) is 19.0 Å². The molecule has 2 aromatic carbocycles. The van der Waals surface area contributed by atoms with Gasteiger partial charge in [-0.05, 0) is 67.9 Å². The topological polar surface area (TPSA) is 98.7 Å². The third-order valence-electron chi connectivity index (χ3n) is 5.95. The summed E-state index contributed by atoms with van der Waals surface area (Å²) < 4.78 is 16.5. The maximum atomic E-state index is 12.5. The average Bonchev–Trinajstić information content (AvgIpc) is 3.22. The van der Waals surface area contributed by atoms with Gasteiger partial charge in [0.25, 0.3) is 5.91 Å². The van der Waals surface area contributed by atoms with Gasteiger partial charge in [-0.15, -0.1) is 0 Å². The first-order valence-corrected chi connectivity index (χ1v) is 11.4. The molecule has 2 aliphatic heterocycles. The van der Waals surface area contributed by atoms with Gasteiger partial charge in [0.1, 0.15) is 17.1 Å². The van der Waals surface area contributed by atoms with Crippen molar-refractivity contribution in [2.45, 2.75) is 32.3 Å². The van der Waals surface area contributed by atoms with E-state index < -0.39 is 5.60 Å². The number of nitrogens with one attached hydrogen (secondary N) is 1. The van der Waals surface area contributed by atoms with Crippen LogP contribution < -0.4 is 19.6 Å². The molecule has 9 heteroatoms. The lowest BCUT2D eigenvalue weighted by atomic mass is 9.91. The van der Waals surface area contributed by atoms with Crippen molar-refractivity contribution in [1.29, 1.82) is 0 Å². The molecule has 0 bridgehead atoms. The first-order valence-electron chi connectivity index (χ1n) is 11.4. The summed E-state index contributed by atoms with van der Waals surface area (Å²) in [6.07, 6.45) is 0.877. The van der Waals surface area contributed by atoms with Crippen LogP contribution in [0.5, 0.6) is 17.2 Å². The van der Waals surface area contributed by atoms with Crippen molar-refractivity contribution in [2.75, 3.05) is 32.8 Å². The van der Waals surface area contributed by atoms with E-state index in [2.05, 4.69) is 10.5 Å². The molecule has 34 heavy (non-hydrogen) atoms. The second kappa shape index (κ2) is 10.5. The number of rotatable bonds is 8. The Labute approximate surface area is 198 Å². The summed E-state index contributed by atoms with van der Waals surface area (Å²) in [5.41, 5.74) is 1.12. The average molecular weight is 468 g/mol.